The zero-order valence-electron chi connectivity index (χ0n) is 14.8. The van der Waals surface area contributed by atoms with Crippen LogP contribution in [0.1, 0.15) is 32.6 Å². The van der Waals surface area contributed by atoms with Crippen molar-refractivity contribution in [3.05, 3.63) is 28.2 Å². The molecule has 1 fully saturated rings. The van der Waals surface area contributed by atoms with Crippen LogP contribution in [0.25, 0.3) is 10.9 Å². The maximum Gasteiger partial charge on any atom is 0.366 e. The smallest absolute Gasteiger partial charge is 0.366 e. The summed E-state index contributed by atoms with van der Waals surface area (Å²) in [5.74, 6) is 0.621. The molecule has 1 unspecified atom stereocenters. The van der Waals surface area contributed by atoms with Crippen LogP contribution in [-0.4, -0.2) is 25.3 Å². The number of pyridine rings is 1. The van der Waals surface area contributed by atoms with E-state index in [0.717, 1.165) is 12.8 Å². The van der Waals surface area contributed by atoms with E-state index in [1.54, 1.807) is 25.1 Å². The fourth-order valence-corrected chi connectivity index (χ4v) is 5.32. The summed E-state index contributed by atoms with van der Waals surface area (Å²) in [6.07, 6.45) is 4.56. The normalized spacial score (nSPS) is 17.5. The van der Waals surface area contributed by atoms with E-state index in [4.69, 9.17) is 37.0 Å². The van der Waals surface area contributed by atoms with E-state index < -0.39 is 7.60 Å². The van der Waals surface area contributed by atoms with E-state index >= 15 is 0 Å². The minimum absolute atomic E-state index is 0.207. The molecule has 1 atom stereocenters. The van der Waals surface area contributed by atoms with Crippen molar-refractivity contribution in [3.63, 3.8) is 0 Å². The molecule has 8 heteroatoms. The highest BCUT2D eigenvalue weighted by Crippen LogP contribution is 2.50. The van der Waals surface area contributed by atoms with Gasteiger partial charge >= 0.3 is 7.60 Å². The monoisotopic (exact) mass is 417 g/mol. The summed E-state index contributed by atoms with van der Waals surface area (Å²) in [6, 6.07) is 5.04. The van der Waals surface area contributed by atoms with Crippen LogP contribution in [0.15, 0.2) is 18.2 Å². The van der Waals surface area contributed by atoms with E-state index in [2.05, 4.69) is 4.98 Å². The Labute approximate surface area is 163 Å². The van der Waals surface area contributed by atoms with Crippen LogP contribution < -0.4 is 10.0 Å². The van der Waals surface area contributed by atoms with Gasteiger partial charge < -0.3 is 13.8 Å². The molecule has 0 amide bonds. The third-order valence-electron chi connectivity index (χ3n) is 4.55. The predicted octanol–water partition coefficient (Wildman–Crippen LogP) is 5.61. The van der Waals surface area contributed by atoms with Crippen molar-refractivity contribution in [2.24, 2.45) is 5.92 Å². The Bertz CT molecular complexity index is 840. The maximum atomic E-state index is 13.5. The van der Waals surface area contributed by atoms with Gasteiger partial charge in [0.2, 0.25) is 5.88 Å². The standard InChI is InChI=1S/C18H22Cl2NO4P/c1-3-24-26(22,25-11-12-6-4-5-7-12)17-9-13-8-14(19)15(20)10-16(13)21-18(17)23-2/h8-10,12H,3-7,11H2,1-2H3. The van der Waals surface area contributed by atoms with Gasteiger partial charge in [-0.15, -0.1) is 0 Å². The van der Waals surface area contributed by atoms with E-state index in [0.29, 0.717) is 38.8 Å². The number of ether oxygens (including phenoxy) is 1. The highest BCUT2D eigenvalue weighted by molar-refractivity contribution is 7.62. The van der Waals surface area contributed by atoms with Gasteiger partial charge in [-0.2, -0.15) is 0 Å². The first kappa shape index (κ1) is 19.9. The molecule has 2 aromatic rings. The van der Waals surface area contributed by atoms with Crippen LogP contribution in [0.2, 0.25) is 10.0 Å². The van der Waals surface area contributed by atoms with Crippen LogP contribution in [0.4, 0.5) is 0 Å². The fourth-order valence-electron chi connectivity index (χ4n) is 3.21. The van der Waals surface area contributed by atoms with Crippen LogP contribution in [0.3, 0.4) is 0 Å². The fraction of sp³-hybridized carbons (Fsp3) is 0.500. The number of rotatable bonds is 7. The van der Waals surface area contributed by atoms with Gasteiger partial charge in [-0.1, -0.05) is 36.0 Å². The van der Waals surface area contributed by atoms with Gasteiger partial charge in [0.1, 0.15) is 5.30 Å². The molecule has 0 spiro atoms. The maximum absolute atomic E-state index is 13.5. The molecule has 1 saturated carbocycles. The third-order valence-corrected chi connectivity index (χ3v) is 7.27. The van der Waals surface area contributed by atoms with Gasteiger partial charge in [-0.3, -0.25) is 4.57 Å². The lowest BCUT2D eigenvalue weighted by Crippen LogP contribution is -2.17. The molecule has 0 radical (unpaired) electrons. The number of hydrogen-bond donors (Lipinski definition) is 0. The van der Waals surface area contributed by atoms with Gasteiger partial charge in [0.05, 0.1) is 35.9 Å². The molecule has 1 aliphatic carbocycles. The van der Waals surface area contributed by atoms with Gasteiger partial charge in [-0.05, 0) is 43.9 Å². The molecular weight excluding hydrogens is 396 g/mol. The molecule has 0 bridgehead atoms. The van der Waals surface area contributed by atoms with Gasteiger partial charge in [0, 0.05) is 5.39 Å². The van der Waals surface area contributed by atoms with Crippen molar-refractivity contribution in [1.82, 2.24) is 4.98 Å². The summed E-state index contributed by atoms with van der Waals surface area (Å²) in [7, 11) is -2.10. The molecule has 1 heterocycles. The molecule has 1 aromatic heterocycles. The molecule has 1 aliphatic rings. The Morgan fingerprint density at radius 2 is 1.85 bits per heavy atom. The average Bonchev–Trinajstić information content (AvgIpc) is 3.14. The second-order valence-electron chi connectivity index (χ2n) is 6.34. The largest absolute Gasteiger partial charge is 0.480 e. The molecule has 0 N–H and O–H groups in total. The van der Waals surface area contributed by atoms with Gasteiger partial charge in [0.25, 0.3) is 0 Å². The van der Waals surface area contributed by atoms with Crippen molar-refractivity contribution in [2.75, 3.05) is 20.3 Å². The Kier molecular flexibility index (Phi) is 6.47. The van der Waals surface area contributed by atoms with Crippen molar-refractivity contribution >= 4 is 47.0 Å². The number of nitrogens with zero attached hydrogens (tertiary/aromatic N) is 1. The molecule has 1 aromatic carbocycles. The first-order valence-electron chi connectivity index (χ1n) is 8.70. The highest BCUT2D eigenvalue weighted by Gasteiger charge is 2.34. The summed E-state index contributed by atoms with van der Waals surface area (Å²) < 4.78 is 30.3. The number of fused-ring (bicyclic) bond motifs is 1. The number of halogens is 2. The zero-order valence-corrected chi connectivity index (χ0v) is 17.2. The highest BCUT2D eigenvalue weighted by atomic mass is 35.5. The van der Waals surface area contributed by atoms with Gasteiger partial charge in [0.15, 0.2) is 0 Å². The molecule has 26 heavy (non-hydrogen) atoms. The number of aromatic nitrogens is 1. The van der Waals surface area contributed by atoms with E-state index in [1.165, 1.54) is 20.0 Å². The van der Waals surface area contributed by atoms with Crippen molar-refractivity contribution in [1.29, 1.82) is 0 Å². The summed E-state index contributed by atoms with van der Waals surface area (Å²) in [6.45, 7) is 2.44. The number of hydrogen-bond acceptors (Lipinski definition) is 5. The quantitative estimate of drug-likeness (QED) is 0.547. The second kappa shape index (κ2) is 8.45. The Morgan fingerprint density at radius 3 is 2.50 bits per heavy atom. The lowest BCUT2D eigenvalue weighted by atomic mass is 10.1. The lowest BCUT2D eigenvalue weighted by Gasteiger charge is -2.21. The van der Waals surface area contributed by atoms with Crippen LogP contribution >= 0.6 is 30.8 Å². The third kappa shape index (κ3) is 4.18. The van der Waals surface area contributed by atoms with Gasteiger partial charge in [-0.25, -0.2) is 4.98 Å². The molecule has 0 aliphatic heterocycles. The predicted molar refractivity (Wildman–Crippen MR) is 105 cm³/mol. The Morgan fingerprint density at radius 1 is 1.15 bits per heavy atom. The van der Waals surface area contributed by atoms with Crippen molar-refractivity contribution in [2.45, 2.75) is 32.6 Å². The topological polar surface area (TPSA) is 57.7 Å². The molecular formula is C18H22Cl2NO4P. The molecule has 3 rings (SSSR count). The average molecular weight is 418 g/mol. The molecule has 0 saturated heterocycles. The van der Waals surface area contributed by atoms with Crippen molar-refractivity contribution < 1.29 is 18.3 Å². The van der Waals surface area contributed by atoms with Crippen LogP contribution in [0, 0.1) is 5.92 Å². The zero-order chi connectivity index (χ0) is 18.7. The van der Waals surface area contributed by atoms with E-state index in [-0.39, 0.29) is 12.5 Å². The summed E-state index contributed by atoms with van der Waals surface area (Å²) >= 11 is 12.2. The Hall–Kier alpha value is -0.840. The van der Waals surface area contributed by atoms with Crippen LogP contribution in [0.5, 0.6) is 5.88 Å². The lowest BCUT2D eigenvalue weighted by molar-refractivity contribution is 0.192. The first-order chi connectivity index (χ1) is 12.5. The minimum Gasteiger partial charge on any atom is -0.480 e. The molecule has 5 nitrogen and oxygen atoms in total. The van der Waals surface area contributed by atoms with Crippen LogP contribution in [-0.2, 0) is 13.6 Å². The summed E-state index contributed by atoms with van der Waals surface area (Å²) in [5.41, 5.74) is 0.596. The second-order valence-corrected chi connectivity index (χ2v) is 9.14. The molecule has 142 valence electrons. The Balaban J connectivity index is 2.02. The minimum atomic E-state index is -3.57. The number of benzene rings is 1. The number of methoxy groups -OCH3 is 1. The SMILES string of the molecule is CCOP(=O)(OCC1CCCC1)c1cc2cc(Cl)c(Cl)cc2nc1OC. The first-order valence-corrected chi connectivity index (χ1v) is 11.0. The summed E-state index contributed by atoms with van der Waals surface area (Å²) in [5, 5.41) is 1.80. The van der Waals surface area contributed by atoms with Crippen molar-refractivity contribution in [3.8, 4) is 5.88 Å². The van der Waals surface area contributed by atoms with E-state index in [1.807, 2.05) is 0 Å². The summed E-state index contributed by atoms with van der Waals surface area (Å²) in [4.78, 5) is 4.43. The van der Waals surface area contributed by atoms with E-state index in [9.17, 15) is 4.57 Å².